The normalized spacial score (nSPS) is 11.4. The summed E-state index contributed by atoms with van der Waals surface area (Å²) in [5, 5.41) is 12.6. The Hall–Kier alpha value is -2.36. The summed E-state index contributed by atoms with van der Waals surface area (Å²) in [6.45, 7) is 3.07. The molecule has 0 aliphatic heterocycles. The molecule has 0 N–H and O–H groups in total. The number of pyridine rings is 1. The number of hydrogen-bond donors (Lipinski definition) is 0. The van der Waals surface area contributed by atoms with Gasteiger partial charge in [-0.2, -0.15) is 23.5 Å². The van der Waals surface area contributed by atoms with Gasteiger partial charge in [0.1, 0.15) is 6.07 Å². The maximum absolute atomic E-state index is 12.8. The third-order valence-corrected chi connectivity index (χ3v) is 3.13. The Morgan fingerprint density at radius 1 is 1.35 bits per heavy atom. The van der Waals surface area contributed by atoms with Gasteiger partial charge in [0.05, 0.1) is 12.1 Å². The smallest absolute Gasteiger partial charge is 0.265 e. The topological polar surface area (TPSA) is 54.5 Å². The van der Waals surface area contributed by atoms with Crippen molar-refractivity contribution in [1.29, 1.82) is 5.26 Å². The molecule has 4 nitrogen and oxygen atoms in total. The van der Waals surface area contributed by atoms with Gasteiger partial charge in [-0.05, 0) is 25.5 Å². The zero-order chi connectivity index (χ0) is 14.9. The van der Waals surface area contributed by atoms with Gasteiger partial charge in [0.2, 0.25) is 0 Å². The number of halogens is 3. The number of rotatable bonds is 2. The fourth-order valence-electron chi connectivity index (χ4n) is 1.88. The van der Waals surface area contributed by atoms with Gasteiger partial charge >= 0.3 is 6.18 Å². The molecule has 0 unspecified atom stereocenters. The standard InChI is InChI=1S/C13H11F3N4/c1-8-9(2)20(19-12(8)13(14,15)16)7-10-3-4-18-6-11(10)5-17/h3-4,6H,7H2,1-2H3. The maximum atomic E-state index is 12.8. The molecule has 2 rings (SSSR count). The summed E-state index contributed by atoms with van der Waals surface area (Å²) in [6, 6.07) is 3.56. The number of hydrogen-bond acceptors (Lipinski definition) is 3. The van der Waals surface area contributed by atoms with Crippen LogP contribution < -0.4 is 0 Å². The summed E-state index contributed by atoms with van der Waals surface area (Å²) < 4.78 is 39.6. The Morgan fingerprint density at radius 2 is 2.05 bits per heavy atom. The van der Waals surface area contributed by atoms with Gasteiger partial charge < -0.3 is 0 Å². The Bertz CT molecular complexity index is 680. The van der Waals surface area contributed by atoms with Gasteiger partial charge in [-0.15, -0.1) is 0 Å². The fraction of sp³-hybridized carbons (Fsp3) is 0.308. The van der Waals surface area contributed by atoms with Gasteiger partial charge in [0.25, 0.3) is 0 Å². The highest BCUT2D eigenvalue weighted by Gasteiger charge is 2.37. The Balaban J connectivity index is 2.43. The molecule has 0 radical (unpaired) electrons. The lowest BCUT2D eigenvalue weighted by atomic mass is 10.1. The second-order valence-electron chi connectivity index (χ2n) is 4.36. The van der Waals surface area contributed by atoms with Crippen LogP contribution in [0.4, 0.5) is 13.2 Å². The largest absolute Gasteiger partial charge is 0.435 e. The first-order valence-corrected chi connectivity index (χ1v) is 5.78. The Labute approximate surface area is 113 Å². The molecule has 0 atom stereocenters. The maximum Gasteiger partial charge on any atom is 0.435 e. The zero-order valence-electron chi connectivity index (χ0n) is 10.9. The van der Waals surface area contributed by atoms with E-state index in [1.54, 1.807) is 13.0 Å². The van der Waals surface area contributed by atoms with Gasteiger partial charge in [-0.1, -0.05) is 0 Å². The highest BCUT2D eigenvalue weighted by Crippen LogP contribution is 2.32. The van der Waals surface area contributed by atoms with Crippen LogP contribution in [0.5, 0.6) is 0 Å². The molecule has 0 spiro atoms. The van der Waals surface area contributed by atoms with Crippen molar-refractivity contribution in [2.24, 2.45) is 0 Å². The van der Waals surface area contributed by atoms with E-state index in [0.717, 1.165) is 0 Å². The van der Waals surface area contributed by atoms with E-state index in [4.69, 9.17) is 5.26 Å². The molecule has 0 saturated heterocycles. The summed E-state index contributed by atoms with van der Waals surface area (Å²) in [6.07, 6.45) is -1.60. The predicted molar refractivity (Wildman–Crippen MR) is 64.8 cm³/mol. The summed E-state index contributed by atoms with van der Waals surface area (Å²) >= 11 is 0. The number of nitriles is 1. The molecule has 2 aromatic rings. The highest BCUT2D eigenvalue weighted by atomic mass is 19.4. The minimum atomic E-state index is -4.48. The lowest BCUT2D eigenvalue weighted by Gasteiger charge is -2.06. The average Bonchev–Trinajstić information content (AvgIpc) is 2.67. The third-order valence-electron chi connectivity index (χ3n) is 3.13. The van der Waals surface area contributed by atoms with Gasteiger partial charge in [-0.25, -0.2) is 0 Å². The molecule has 0 saturated carbocycles. The van der Waals surface area contributed by atoms with E-state index < -0.39 is 11.9 Å². The van der Waals surface area contributed by atoms with E-state index in [2.05, 4.69) is 10.1 Å². The number of alkyl halides is 3. The first-order chi connectivity index (χ1) is 9.34. The molecule has 0 aliphatic carbocycles. The van der Waals surface area contributed by atoms with Gasteiger partial charge in [0.15, 0.2) is 5.69 Å². The summed E-state index contributed by atoms with van der Waals surface area (Å²) in [5.74, 6) is 0. The minimum absolute atomic E-state index is 0.102. The van der Waals surface area contributed by atoms with Crippen LogP contribution in [0.2, 0.25) is 0 Å². The van der Waals surface area contributed by atoms with E-state index in [1.807, 2.05) is 6.07 Å². The Kier molecular flexibility index (Phi) is 3.49. The van der Waals surface area contributed by atoms with E-state index in [1.165, 1.54) is 24.0 Å². The SMILES string of the molecule is Cc1c(C(F)(F)F)nn(Cc2ccncc2C#N)c1C. The van der Waals surface area contributed by atoms with Crippen LogP contribution in [-0.2, 0) is 12.7 Å². The molecule has 0 aromatic carbocycles. The van der Waals surface area contributed by atoms with Crippen LogP contribution in [0.15, 0.2) is 18.5 Å². The first-order valence-electron chi connectivity index (χ1n) is 5.78. The number of nitrogens with zero attached hydrogens (tertiary/aromatic N) is 4. The Morgan fingerprint density at radius 3 is 2.60 bits per heavy atom. The highest BCUT2D eigenvalue weighted by molar-refractivity contribution is 5.35. The van der Waals surface area contributed by atoms with Crippen molar-refractivity contribution in [2.45, 2.75) is 26.6 Å². The van der Waals surface area contributed by atoms with Crippen LogP contribution >= 0.6 is 0 Å². The van der Waals surface area contributed by atoms with Crippen LogP contribution in [0.1, 0.15) is 28.1 Å². The van der Waals surface area contributed by atoms with Crippen molar-refractivity contribution in [1.82, 2.24) is 14.8 Å². The molecule has 0 aliphatic rings. The molecule has 0 bridgehead atoms. The van der Waals surface area contributed by atoms with Crippen molar-refractivity contribution in [3.8, 4) is 6.07 Å². The monoisotopic (exact) mass is 280 g/mol. The quantitative estimate of drug-likeness (QED) is 0.850. The molecular formula is C13H11F3N4. The van der Waals surface area contributed by atoms with Crippen LogP contribution in [0, 0.1) is 25.2 Å². The minimum Gasteiger partial charge on any atom is -0.265 e. The first kappa shape index (κ1) is 14.1. The van der Waals surface area contributed by atoms with E-state index in [9.17, 15) is 13.2 Å². The van der Waals surface area contributed by atoms with Crippen LogP contribution in [0.25, 0.3) is 0 Å². The van der Waals surface area contributed by atoms with Crippen LogP contribution in [-0.4, -0.2) is 14.8 Å². The molecular weight excluding hydrogens is 269 g/mol. The molecule has 2 aromatic heterocycles. The fourth-order valence-corrected chi connectivity index (χ4v) is 1.88. The third kappa shape index (κ3) is 2.50. The average molecular weight is 280 g/mol. The van der Waals surface area contributed by atoms with Gasteiger partial charge in [0, 0.05) is 23.7 Å². The van der Waals surface area contributed by atoms with Crippen molar-refractivity contribution >= 4 is 0 Å². The van der Waals surface area contributed by atoms with Gasteiger partial charge in [-0.3, -0.25) is 9.67 Å². The molecule has 0 amide bonds. The summed E-state index contributed by atoms with van der Waals surface area (Å²) in [4.78, 5) is 3.81. The number of aromatic nitrogens is 3. The second kappa shape index (κ2) is 4.96. The van der Waals surface area contributed by atoms with E-state index in [-0.39, 0.29) is 12.1 Å². The van der Waals surface area contributed by atoms with Crippen molar-refractivity contribution in [3.05, 3.63) is 46.5 Å². The molecule has 2 heterocycles. The van der Waals surface area contributed by atoms with Crippen molar-refractivity contribution < 1.29 is 13.2 Å². The van der Waals surface area contributed by atoms with E-state index >= 15 is 0 Å². The molecule has 20 heavy (non-hydrogen) atoms. The predicted octanol–water partition coefficient (Wildman–Crippen LogP) is 2.83. The van der Waals surface area contributed by atoms with E-state index in [0.29, 0.717) is 16.8 Å². The van der Waals surface area contributed by atoms with Crippen LogP contribution in [0.3, 0.4) is 0 Å². The molecule has 7 heteroatoms. The lowest BCUT2D eigenvalue weighted by Crippen LogP contribution is -2.10. The summed E-state index contributed by atoms with van der Waals surface area (Å²) in [7, 11) is 0. The molecule has 104 valence electrons. The van der Waals surface area contributed by atoms with Crippen molar-refractivity contribution in [2.75, 3.05) is 0 Å². The zero-order valence-corrected chi connectivity index (χ0v) is 10.9. The lowest BCUT2D eigenvalue weighted by molar-refractivity contribution is -0.141. The summed E-state index contributed by atoms with van der Waals surface area (Å²) in [5.41, 5.74) is 0.557. The van der Waals surface area contributed by atoms with Crippen molar-refractivity contribution in [3.63, 3.8) is 0 Å². The molecule has 0 fully saturated rings. The second-order valence-corrected chi connectivity index (χ2v) is 4.36.